The Balaban J connectivity index is 1.52. The molecule has 4 rings (SSSR count). The summed E-state index contributed by atoms with van der Waals surface area (Å²) in [6.07, 6.45) is 1.52. The van der Waals surface area contributed by atoms with Crippen LogP contribution in [0, 0.1) is 5.92 Å². The molecule has 190 valence electrons. The molecule has 35 heavy (non-hydrogen) atoms. The Kier molecular flexibility index (Phi) is 7.39. The van der Waals surface area contributed by atoms with Crippen molar-refractivity contribution in [2.75, 3.05) is 26.3 Å². The van der Waals surface area contributed by atoms with Gasteiger partial charge in [0.2, 0.25) is 5.89 Å². The van der Waals surface area contributed by atoms with Gasteiger partial charge in [-0.05, 0) is 50.8 Å². The monoisotopic (exact) mass is 494 g/mol. The molecule has 2 amide bonds. The molecule has 1 aliphatic heterocycles. The number of hydrogen-bond acceptors (Lipinski definition) is 8. The van der Waals surface area contributed by atoms with Gasteiger partial charge in [-0.15, -0.1) is 0 Å². The van der Waals surface area contributed by atoms with E-state index < -0.39 is 24.7 Å². The molecule has 2 heterocycles. The molecule has 0 spiro atoms. The molecule has 1 saturated carbocycles. The maximum atomic E-state index is 13.1. The fourth-order valence-corrected chi connectivity index (χ4v) is 3.58. The quantitative estimate of drug-likeness (QED) is 0.515. The lowest BCUT2D eigenvalue weighted by Gasteiger charge is -2.38. The Bertz CT molecular complexity index is 1070. The molecule has 1 saturated heterocycles. The van der Waals surface area contributed by atoms with E-state index in [-0.39, 0.29) is 54.6 Å². The maximum absolute atomic E-state index is 13.1. The molecule has 1 atom stereocenters. The fraction of sp³-hybridized carbons (Fsp3) is 0.522. The highest BCUT2D eigenvalue weighted by atomic mass is 19.3. The molecule has 2 aromatic rings. The number of nitrogens with zero attached hydrogens (tertiary/aromatic N) is 2. The maximum Gasteiger partial charge on any atom is 0.407 e. The lowest BCUT2D eigenvalue weighted by molar-refractivity contribution is -0.0515. The van der Waals surface area contributed by atoms with E-state index in [1.165, 1.54) is 23.1 Å². The number of nitrogens with two attached hydrogens (primary N) is 1. The van der Waals surface area contributed by atoms with Crippen LogP contribution in [0.4, 0.5) is 13.6 Å². The van der Waals surface area contributed by atoms with Crippen molar-refractivity contribution in [1.82, 2.24) is 15.2 Å². The Morgan fingerprint density at radius 3 is 2.66 bits per heavy atom. The highest BCUT2D eigenvalue weighted by Crippen LogP contribution is 2.37. The first-order chi connectivity index (χ1) is 16.7. The van der Waals surface area contributed by atoms with Crippen LogP contribution in [-0.4, -0.2) is 60.8 Å². The molecule has 12 heteroatoms. The topological polar surface area (TPSA) is 129 Å². The highest BCUT2D eigenvalue weighted by molar-refractivity contribution is 5.94. The second-order valence-electron chi connectivity index (χ2n) is 8.59. The number of alkyl carbamates (subject to hydrolysis) is 1. The highest BCUT2D eigenvalue weighted by Gasteiger charge is 2.36. The predicted molar refractivity (Wildman–Crippen MR) is 119 cm³/mol. The van der Waals surface area contributed by atoms with Crippen molar-refractivity contribution in [1.29, 1.82) is 0 Å². The number of carbonyl (C=O) groups is 2. The second-order valence-corrected chi connectivity index (χ2v) is 8.59. The van der Waals surface area contributed by atoms with E-state index in [1.54, 1.807) is 13.8 Å². The van der Waals surface area contributed by atoms with Gasteiger partial charge in [0.05, 0.1) is 25.3 Å². The largest absolute Gasteiger partial charge is 0.489 e. The molecule has 0 radical (unpaired) electrons. The number of benzene rings is 1. The van der Waals surface area contributed by atoms with Gasteiger partial charge in [-0.2, -0.15) is 8.78 Å². The van der Waals surface area contributed by atoms with Gasteiger partial charge in [-0.25, -0.2) is 9.78 Å². The minimum atomic E-state index is -3.00. The number of nitrogens with one attached hydrogen (secondary N) is 1. The van der Waals surface area contributed by atoms with Crippen LogP contribution in [-0.2, 0) is 4.74 Å². The average Bonchev–Trinajstić information content (AvgIpc) is 3.49. The summed E-state index contributed by atoms with van der Waals surface area (Å²) in [5, 5.41) is 2.67. The summed E-state index contributed by atoms with van der Waals surface area (Å²) >= 11 is 0. The van der Waals surface area contributed by atoms with E-state index in [0.29, 0.717) is 18.1 Å². The van der Waals surface area contributed by atoms with Crippen molar-refractivity contribution in [3.63, 3.8) is 0 Å². The molecule has 1 aromatic carbocycles. The van der Waals surface area contributed by atoms with Gasteiger partial charge in [-0.3, -0.25) is 4.79 Å². The SMILES string of the molecule is CCOC(=O)NC1CN(C(=O)c2nc(-c3ccc(OC(F)F)c(OCC4CC4)c3)oc2[C@H](C)N)C1. The summed E-state index contributed by atoms with van der Waals surface area (Å²) in [6.45, 7) is 1.58. The van der Waals surface area contributed by atoms with Crippen molar-refractivity contribution < 1.29 is 37.0 Å². The zero-order chi connectivity index (χ0) is 25.1. The van der Waals surface area contributed by atoms with Crippen molar-refractivity contribution in [2.45, 2.75) is 45.4 Å². The average molecular weight is 494 g/mol. The standard InChI is InChI=1S/C23H28F2N4O6/c1-3-32-23(31)27-15-9-29(10-15)21(30)18-19(12(2)26)35-20(28-18)14-6-7-16(34-22(24)25)17(8-14)33-11-13-4-5-13/h6-8,12-13,15,22H,3-5,9-11,26H2,1-2H3,(H,27,31)/t12-/m0/s1. The van der Waals surface area contributed by atoms with Gasteiger partial charge in [0, 0.05) is 18.7 Å². The molecule has 2 aliphatic rings. The number of rotatable bonds is 10. The van der Waals surface area contributed by atoms with Crippen molar-refractivity contribution in [2.24, 2.45) is 11.7 Å². The molecular formula is C23H28F2N4O6. The van der Waals surface area contributed by atoms with Crippen LogP contribution in [0.25, 0.3) is 11.5 Å². The number of amides is 2. The van der Waals surface area contributed by atoms with Crippen LogP contribution in [0.5, 0.6) is 11.5 Å². The molecular weight excluding hydrogens is 466 g/mol. The minimum absolute atomic E-state index is 0.0536. The van der Waals surface area contributed by atoms with E-state index in [0.717, 1.165) is 12.8 Å². The number of likely N-dealkylation sites (tertiary alicyclic amines) is 1. The lowest BCUT2D eigenvalue weighted by Crippen LogP contribution is -2.61. The van der Waals surface area contributed by atoms with Gasteiger partial charge in [0.1, 0.15) is 0 Å². The first kappa shape index (κ1) is 24.7. The number of carbonyl (C=O) groups excluding carboxylic acids is 2. The summed E-state index contributed by atoms with van der Waals surface area (Å²) in [7, 11) is 0. The smallest absolute Gasteiger partial charge is 0.407 e. The van der Waals surface area contributed by atoms with E-state index in [1.807, 2.05) is 0 Å². The number of alkyl halides is 2. The molecule has 1 aromatic heterocycles. The summed E-state index contributed by atoms with van der Waals surface area (Å²) < 4.78 is 46.6. The first-order valence-electron chi connectivity index (χ1n) is 11.5. The van der Waals surface area contributed by atoms with Crippen LogP contribution >= 0.6 is 0 Å². The van der Waals surface area contributed by atoms with Crippen LogP contribution in [0.1, 0.15) is 49.0 Å². The van der Waals surface area contributed by atoms with Gasteiger partial charge in [0.15, 0.2) is 23.0 Å². The second kappa shape index (κ2) is 10.5. The predicted octanol–water partition coefficient (Wildman–Crippen LogP) is 3.32. The van der Waals surface area contributed by atoms with Crippen LogP contribution < -0.4 is 20.5 Å². The van der Waals surface area contributed by atoms with E-state index in [9.17, 15) is 18.4 Å². The summed E-state index contributed by atoms with van der Waals surface area (Å²) in [6, 6.07) is 3.49. The van der Waals surface area contributed by atoms with Crippen molar-refractivity contribution in [3.8, 4) is 23.0 Å². The molecule has 0 unspecified atom stereocenters. The summed E-state index contributed by atoms with van der Waals surface area (Å²) in [5.41, 5.74) is 6.49. The first-order valence-corrected chi connectivity index (χ1v) is 11.5. The minimum Gasteiger partial charge on any atom is -0.489 e. The Hall–Kier alpha value is -3.41. The van der Waals surface area contributed by atoms with E-state index >= 15 is 0 Å². The third-order valence-corrected chi connectivity index (χ3v) is 5.61. The fourth-order valence-electron chi connectivity index (χ4n) is 3.58. The Labute approximate surface area is 200 Å². The molecule has 0 bridgehead atoms. The zero-order valence-corrected chi connectivity index (χ0v) is 19.5. The zero-order valence-electron chi connectivity index (χ0n) is 19.5. The van der Waals surface area contributed by atoms with Crippen molar-refractivity contribution >= 4 is 12.0 Å². The Morgan fingerprint density at radius 1 is 1.29 bits per heavy atom. The van der Waals surface area contributed by atoms with Gasteiger partial charge in [-0.1, -0.05) is 0 Å². The number of oxazole rings is 1. The number of aromatic nitrogens is 1. The number of hydrogen-bond donors (Lipinski definition) is 2. The Morgan fingerprint density at radius 2 is 2.03 bits per heavy atom. The van der Waals surface area contributed by atoms with Crippen LogP contribution in [0.3, 0.4) is 0 Å². The van der Waals surface area contributed by atoms with Gasteiger partial charge < -0.3 is 34.6 Å². The van der Waals surface area contributed by atoms with E-state index in [4.69, 9.17) is 19.6 Å². The number of ether oxygens (including phenoxy) is 3. The van der Waals surface area contributed by atoms with Gasteiger partial charge in [0.25, 0.3) is 5.91 Å². The summed E-state index contributed by atoms with van der Waals surface area (Å²) in [4.78, 5) is 30.5. The molecule has 10 nitrogen and oxygen atoms in total. The normalized spacial score (nSPS) is 16.6. The molecule has 1 aliphatic carbocycles. The molecule has 3 N–H and O–H groups in total. The summed E-state index contributed by atoms with van der Waals surface area (Å²) in [5.74, 6) is 0.339. The third kappa shape index (κ3) is 5.99. The van der Waals surface area contributed by atoms with E-state index in [2.05, 4.69) is 15.0 Å². The number of halogens is 2. The third-order valence-electron chi connectivity index (χ3n) is 5.61. The van der Waals surface area contributed by atoms with Crippen LogP contribution in [0.15, 0.2) is 22.6 Å². The van der Waals surface area contributed by atoms with Crippen LogP contribution in [0.2, 0.25) is 0 Å². The molecule has 2 fully saturated rings. The lowest BCUT2D eigenvalue weighted by atomic mass is 10.1. The van der Waals surface area contributed by atoms with Crippen molar-refractivity contribution in [3.05, 3.63) is 29.7 Å². The van der Waals surface area contributed by atoms with Gasteiger partial charge >= 0.3 is 12.7 Å².